The highest BCUT2D eigenvalue weighted by Gasteiger charge is 2.25. The number of carbonyl (C=O) groups excluding carboxylic acids is 1. The summed E-state index contributed by atoms with van der Waals surface area (Å²) in [5, 5.41) is 2.73. The van der Waals surface area contributed by atoms with Crippen LogP contribution in [0.15, 0.2) is 29.8 Å². The van der Waals surface area contributed by atoms with Gasteiger partial charge in [0, 0.05) is 0 Å². The van der Waals surface area contributed by atoms with E-state index in [0.29, 0.717) is 0 Å². The first-order valence-corrected chi connectivity index (χ1v) is 5.49. The average Bonchev–Trinajstić information content (AvgIpc) is 2.31. The topological polar surface area (TPSA) is 38.3 Å². The van der Waals surface area contributed by atoms with Gasteiger partial charge in [0.1, 0.15) is 5.82 Å². The predicted molar refractivity (Wildman–Crippen MR) is 62.9 cm³/mol. The number of hydrogen-bond acceptors (Lipinski definition) is 2. The first-order valence-electron chi connectivity index (χ1n) is 5.49. The fourth-order valence-electron chi connectivity index (χ4n) is 1.80. The number of rotatable bonds is 2. The molecule has 1 atom stereocenters. The van der Waals surface area contributed by atoms with Crippen molar-refractivity contribution in [2.75, 3.05) is 7.11 Å². The van der Waals surface area contributed by atoms with E-state index in [2.05, 4.69) is 10.1 Å². The minimum atomic E-state index is -0.431. The van der Waals surface area contributed by atoms with Gasteiger partial charge in [-0.2, -0.15) is 0 Å². The van der Waals surface area contributed by atoms with Gasteiger partial charge in [-0.1, -0.05) is 18.2 Å². The second kappa shape index (κ2) is 4.99. The molecule has 1 amide bonds. The summed E-state index contributed by atoms with van der Waals surface area (Å²) in [6.45, 7) is 0. The third-order valence-electron chi connectivity index (χ3n) is 2.85. The molecule has 0 saturated heterocycles. The van der Waals surface area contributed by atoms with E-state index in [1.165, 1.54) is 19.2 Å². The van der Waals surface area contributed by atoms with E-state index in [9.17, 15) is 9.18 Å². The van der Waals surface area contributed by atoms with Crippen LogP contribution in [0.25, 0.3) is 6.08 Å². The molecule has 4 heteroatoms. The number of nitrogens with one attached hydrogen (secondary N) is 1. The lowest BCUT2D eigenvalue weighted by molar-refractivity contribution is 0.165. The van der Waals surface area contributed by atoms with E-state index < -0.39 is 6.09 Å². The molecule has 2 rings (SSSR count). The molecule has 3 nitrogen and oxygen atoms in total. The second-order valence-corrected chi connectivity index (χ2v) is 4.00. The van der Waals surface area contributed by atoms with Crippen molar-refractivity contribution in [2.24, 2.45) is 0 Å². The van der Waals surface area contributed by atoms with E-state index in [1.54, 1.807) is 6.07 Å². The van der Waals surface area contributed by atoms with Crippen LogP contribution in [-0.4, -0.2) is 19.2 Å². The Balaban J connectivity index is 2.05. The summed E-state index contributed by atoms with van der Waals surface area (Å²) < 4.78 is 17.5. The lowest BCUT2D eigenvalue weighted by atomic mass is 9.85. The zero-order chi connectivity index (χ0) is 12.3. The Morgan fingerprint density at radius 1 is 1.59 bits per heavy atom. The second-order valence-electron chi connectivity index (χ2n) is 4.00. The Kier molecular flexibility index (Phi) is 3.42. The fraction of sp³-hybridized carbons (Fsp3) is 0.308. The molecule has 0 aromatic heterocycles. The lowest BCUT2D eigenvalue weighted by Gasteiger charge is -2.30. The highest BCUT2D eigenvalue weighted by molar-refractivity contribution is 5.69. The molecule has 0 bridgehead atoms. The fourth-order valence-corrected chi connectivity index (χ4v) is 1.80. The van der Waals surface area contributed by atoms with E-state index in [-0.39, 0.29) is 11.9 Å². The molecule has 1 fully saturated rings. The van der Waals surface area contributed by atoms with E-state index in [0.717, 1.165) is 24.0 Å². The average molecular weight is 235 g/mol. The van der Waals surface area contributed by atoms with Gasteiger partial charge in [-0.05, 0) is 36.1 Å². The molecule has 0 aliphatic heterocycles. The van der Waals surface area contributed by atoms with Gasteiger partial charge in [-0.25, -0.2) is 9.18 Å². The summed E-state index contributed by atoms with van der Waals surface area (Å²) in [6, 6.07) is 6.41. The minimum Gasteiger partial charge on any atom is -0.453 e. The van der Waals surface area contributed by atoms with Crippen molar-refractivity contribution < 1.29 is 13.9 Å². The van der Waals surface area contributed by atoms with Gasteiger partial charge in [-0.3, -0.25) is 0 Å². The number of carbonyl (C=O) groups is 1. The molecule has 1 N–H and O–H groups in total. The van der Waals surface area contributed by atoms with Crippen molar-refractivity contribution >= 4 is 12.2 Å². The Morgan fingerprint density at radius 3 is 3.00 bits per heavy atom. The van der Waals surface area contributed by atoms with Gasteiger partial charge in [0.2, 0.25) is 0 Å². The molecule has 1 unspecified atom stereocenters. The monoisotopic (exact) mass is 235 g/mol. The van der Waals surface area contributed by atoms with E-state index in [1.807, 2.05) is 12.1 Å². The molecule has 1 saturated carbocycles. The highest BCUT2D eigenvalue weighted by atomic mass is 19.1. The Hall–Kier alpha value is -1.84. The molecule has 0 heterocycles. The summed E-state index contributed by atoms with van der Waals surface area (Å²) in [4.78, 5) is 11.0. The predicted octanol–water partition coefficient (Wildman–Crippen LogP) is 2.73. The molecule has 1 aromatic carbocycles. The van der Waals surface area contributed by atoms with Crippen LogP contribution in [0.5, 0.6) is 0 Å². The maximum absolute atomic E-state index is 13.0. The van der Waals surface area contributed by atoms with Gasteiger partial charge in [0.05, 0.1) is 13.2 Å². The zero-order valence-electron chi connectivity index (χ0n) is 9.57. The summed E-state index contributed by atoms with van der Waals surface area (Å²) in [7, 11) is 1.34. The lowest BCUT2D eigenvalue weighted by Crippen LogP contribution is -2.41. The Bertz CT molecular complexity index is 456. The van der Waals surface area contributed by atoms with E-state index in [4.69, 9.17) is 0 Å². The summed E-state index contributed by atoms with van der Waals surface area (Å²) >= 11 is 0. The number of halogens is 1. The highest BCUT2D eigenvalue weighted by Crippen LogP contribution is 2.28. The largest absolute Gasteiger partial charge is 0.453 e. The molecule has 0 radical (unpaired) electrons. The first-order chi connectivity index (χ1) is 8.19. The van der Waals surface area contributed by atoms with Crippen LogP contribution in [0.3, 0.4) is 0 Å². The zero-order valence-corrected chi connectivity index (χ0v) is 9.57. The van der Waals surface area contributed by atoms with Gasteiger partial charge in [-0.15, -0.1) is 0 Å². The molecule has 1 aliphatic carbocycles. The third kappa shape index (κ3) is 2.84. The number of hydrogen-bond donors (Lipinski definition) is 1. The maximum Gasteiger partial charge on any atom is 0.407 e. The van der Waals surface area contributed by atoms with Crippen LogP contribution in [0.2, 0.25) is 0 Å². The van der Waals surface area contributed by atoms with Crippen molar-refractivity contribution in [3.05, 3.63) is 41.2 Å². The van der Waals surface area contributed by atoms with Crippen LogP contribution in [0.4, 0.5) is 9.18 Å². The van der Waals surface area contributed by atoms with Gasteiger partial charge in [0.25, 0.3) is 0 Å². The number of amides is 1. The van der Waals surface area contributed by atoms with E-state index >= 15 is 0 Å². The van der Waals surface area contributed by atoms with Gasteiger partial charge >= 0.3 is 6.09 Å². The SMILES string of the molecule is COC(=O)NC1CC/C1=C/c1cccc(F)c1. The number of alkyl carbamates (subject to hydrolysis) is 1. The molecule has 90 valence electrons. The third-order valence-corrected chi connectivity index (χ3v) is 2.85. The Labute approximate surface area is 99.3 Å². The summed E-state index contributed by atoms with van der Waals surface area (Å²) in [5.41, 5.74) is 1.91. The standard InChI is InChI=1S/C13H14FNO2/c1-17-13(16)15-12-6-5-10(12)7-9-3-2-4-11(14)8-9/h2-4,7-8,12H,5-6H2,1H3,(H,15,16)/b10-7-. The van der Waals surface area contributed by atoms with Crippen molar-refractivity contribution in [1.82, 2.24) is 5.32 Å². The van der Waals surface area contributed by atoms with Crippen LogP contribution >= 0.6 is 0 Å². The molecule has 0 spiro atoms. The molecule has 1 aromatic rings. The molecule has 17 heavy (non-hydrogen) atoms. The van der Waals surface area contributed by atoms with Crippen LogP contribution in [0.1, 0.15) is 18.4 Å². The van der Waals surface area contributed by atoms with Gasteiger partial charge in [0.15, 0.2) is 0 Å². The molecular formula is C13H14FNO2. The van der Waals surface area contributed by atoms with Crippen LogP contribution in [0, 0.1) is 5.82 Å². The van der Waals surface area contributed by atoms with Crippen molar-refractivity contribution in [2.45, 2.75) is 18.9 Å². The van der Waals surface area contributed by atoms with Gasteiger partial charge < -0.3 is 10.1 Å². The van der Waals surface area contributed by atoms with Crippen LogP contribution in [-0.2, 0) is 4.74 Å². The van der Waals surface area contributed by atoms with Crippen molar-refractivity contribution in [1.29, 1.82) is 0 Å². The normalized spacial score (nSPS) is 20.8. The van der Waals surface area contributed by atoms with Crippen LogP contribution < -0.4 is 5.32 Å². The maximum atomic E-state index is 13.0. The Morgan fingerprint density at radius 2 is 2.41 bits per heavy atom. The van der Waals surface area contributed by atoms with Crippen molar-refractivity contribution in [3.63, 3.8) is 0 Å². The number of methoxy groups -OCH3 is 1. The smallest absolute Gasteiger partial charge is 0.407 e. The molecular weight excluding hydrogens is 221 g/mol. The molecule has 1 aliphatic rings. The summed E-state index contributed by atoms with van der Waals surface area (Å²) in [6.07, 6.45) is 3.30. The van der Waals surface area contributed by atoms with Crippen molar-refractivity contribution in [3.8, 4) is 0 Å². The first kappa shape index (κ1) is 11.6. The quantitative estimate of drug-likeness (QED) is 0.855. The number of benzene rings is 1. The minimum absolute atomic E-state index is 0.0192. The number of ether oxygens (including phenoxy) is 1. The summed E-state index contributed by atoms with van der Waals surface area (Å²) in [5.74, 6) is -0.254.